The molecule has 2 rings (SSSR count). The van der Waals surface area contributed by atoms with Gasteiger partial charge in [-0.25, -0.2) is 4.98 Å². The van der Waals surface area contributed by atoms with E-state index in [0.29, 0.717) is 6.54 Å². The van der Waals surface area contributed by atoms with E-state index in [1.54, 1.807) is 11.3 Å². The van der Waals surface area contributed by atoms with Crippen LogP contribution in [-0.2, 0) is 4.79 Å². The first kappa shape index (κ1) is 15.7. The molecular weight excluding hydrogens is 282 g/mol. The number of nitrogens with zero attached hydrogens (tertiary/aromatic N) is 1. The Morgan fingerprint density at radius 2 is 2.00 bits per heavy atom. The summed E-state index contributed by atoms with van der Waals surface area (Å²) in [5.74, 6) is -0.000632. The number of hydrogen-bond donors (Lipinski definition) is 2. The van der Waals surface area contributed by atoms with Crippen molar-refractivity contribution in [3.8, 4) is 11.3 Å². The van der Waals surface area contributed by atoms with Crippen LogP contribution >= 0.6 is 11.3 Å². The third kappa shape index (κ3) is 4.12. The quantitative estimate of drug-likeness (QED) is 0.863. The first-order chi connectivity index (χ1) is 10.1. The summed E-state index contributed by atoms with van der Waals surface area (Å²) in [7, 11) is 1.85. The number of amides is 1. The summed E-state index contributed by atoms with van der Waals surface area (Å²) >= 11 is 1.58. The zero-order chi connectivity index (χ0) is 15.2. The van der Waals surface area contributed by atoms with Crippen molar-refractivity contribution in [3.05, 3.63) is 40.7 Å². The van der Waals surface area contributed by atoms with Crippen molar-refractivity contribution in [3.63, 3.8) is 0 Å². The molecule has 0 spiro atoms. The lowest BCUT2D eigenvalue weighted by Gasteiger charge is -2.15. The van der Waals surface area contributed by atoms with Crippen LogP contribution in [0.4, 0.5) is 0 Å². The summed E-state index contributed by atoms with van der Waals surface area (Å²) in [6.07, 6.45) is 0. The minimum atomic E-state index is -0.0701. The number of benzene rings is 1. The number of nitrogens with one attached hydrogen (secondary N) is 2. The van der Waals surface area contributed by atoms with Crippen molar-refractivity contribution in [2.24, 2.45) is 5.92 Å². The molecule has 2 N–H and O–H groups in total. The van der Waals surface area contributed by atoms with Gasteiger partial charge in [0.15, 0.2) is 0 Å². The fourth-order valence-corrected chi connectivity index (χ4v) is 2.88. The SMILES string of the molecule is CNCC(C)C(=O)NC(C)c1nc(-c2ccccc2)cs1. The van der Waals surface area contributed by atoms with Gasteiger partial charge in [0, 0.05) is 23.4 Å². The van der Waals surface area contributed by atoms with Gasteiger partial charge in [-0.05, 0) is 14.0 Å². The van der Waals surface area contributed by atoms with Crippen LogP contribution in [0.2, 0.25) is 0 Å². The molecule has 112 valence electrons. The number of thiazole rings is 1. The Morgan fingerprint density at radius 1 is 1.29 bits per heavy atom. The minimum absolute atomic E-state index is 0.0494. The molecule has 2 unspecified atom stereocenters. The number of hydrogen-bond acceptors (Lipinski definition) is 4. The smallest absolute Gasteiger partial charge is 0.224 e. The zero-order valence-electron chi connectivity index (χ0n) is 12.6. The Hall–Kier alpha value is -1.72. The molecule has 0 bridgehead atoms. The highest BCUT2D eigenvalue weighted by molar-refractivity contribution is 7.10. The largest absolute Gasteiger partial charge is 0.347 e. The van der Waals surface area contributed by atoms with E-state index < -0.39 is 0 Å². The molecule has 4 nitrogen and oxygen atoms in total. The summed E-state index contributed by atoms with van der Waals surface area (Å²) in [6.45, 7) is 4.55. The Labute approximate surface area is 129 Å². The predicted octanol–water partition coefficient (Wildman–Crippen LogP) is 2.84. The average molecular weight is 303 g/mol. The molecule has 1 aromatic carbocycles. The molecule has 1 aromatic heterocycles. The molecular formula is C16H21N3OS. The lowest BCUT2D eigenvalue weighted by atomic mass is 10.1. The summed E-state index contributed by atoms with van der Waals surface area (Å²) in [5.41, 5.74) is 2.06. The first-order valence-electron chi connectivity index (χ1n) is 7.07. The van der Waals surface area contributed by atoms with Crippen LogP contribution in [0.1, 0.15) is 24.9 Å². The summed E-state index contributed by atoms with van der Waals surface area (Å²) in [6, 6.07) is 9.99. The monoisotopic (exact) mass is 303 g/mol. The number of carbonyl (C=O) groups excluding carboxylic acids is 1. The van der Waals surface area contributed by atoms with Crippen molar-refractivity contribution < 1.29 is 4.79 Å². The highest BCUT2D eigenvalue weighted by atomic mass is 32.1. The van der Waals surface area contributed by atoms with Crippen LogP contribution in [0.3, 0.4) is 0 Å². The summed E-state index contributed by atoms with van der Waals surface area (Å²) < 4.78 is 0. The van der Waals surface area contributed by atoms with E-state index in [-0.39, 0.29) is 17.9 Å². The fraction of sp³-hybridized carbons (Fsp3) is 0.375. The maximum atomic E-state index is 12.0. The molecule has 1 heterocycles. The van der Waals surface area contributed by atoms with Gasteiger partial charge in [0.05, 0.1) is 11.7 Å². The van der Waals surface area contributed by atoms with Gasteiger partial charge < -0.3 is 10.6 Å². The Bertz CT molecular complexity index is 582. The Morgan fingerprint density at radius 3 is 2.67 bits per heavy atom. The second kappa shape index (κ2) is 7.33. The molecule has 0 saturated heterocycles. The van der Waals surface area contributed by atoms with Crippen LogP contribution in [-0.4, -0.2) is 24.5 Å². The van der Waals surface area contributed by atoms with Gasteiger partial charge >= 0.3 is 0 Å². The average Bonchev–Trinajstić information content (AvgIpc) is 2.98. The predicted molar refractivity (Wildman–Crippen MR) is 87.2 cm³/mol. The van der Waals surface area contributed by atoms with Gasteiger partial charge in [-0.15, -0.1) is 11.3 Å². The molecule has 5 heteroatoms. The van der Waals surface area contributed by atoms with Crippen molar-refractivity contribution in [1.29, 1.82) is 0 Å². The van der Waals surface area contributed by atoms with Crippen LogP contribution in [0.5, 0.6) is 0 Å². The van der Waals surface area contributed by atoms with Gasteiger partial charge in [0.2, 0.25) is 5.91 Å². The topological polar surface area (TPSA) is 54.0 Å². The van der Waals surface area contributed by atoms with Crippen LogP contribution in [0, 0.1) is 5.92 Å². The highest BCUT2D eigenvalue weighted by Gasteiger charge is 2.17. The van der Waals surface area contributed by atoms with Crippen LogP contribution in [0.15, 0.2) is 35.7 Å². The normalized spacial score (nSPS) is 13.7. The van der Waals surface area contributed by atoms with E-state index >= 15 is 0 Å². The highest BCUT2D eigenvalue weighted by Crippen LogP contribution is 2.25. The minimum Gasteiger partial charge on any atom is -0.347 e. The van der Waals surface area contributed by atoms with Crippen molar-refractivity contribution in [1.82, 2.24) is 15.6 Å². The number of carbonyl (C=O) groups is 1. The molecule has 2 aromatic rings. The summed E-state index contributed by atoms with van der Waals surface area (Å²) in [4.78, 5) is 16.6. The van der Waals surface area contributed by atoms with E-state index in [2.05, 4.69) is 15.6 Å². The molecule has 0 fully saturated rings. The maximum absolute atomic E-state index is 12.0. The van der Waals surface area contributed by atoms with E-state index in [4.69, 9.17) is 0 Å². The zero-order valence-corrected chi connectivity index (χ0v) is 13.4. The van der Waals surface area contributed by atoms with Crippen LogP contribution in [0.25, 0.3) is 11.3 Å². The third-order valence-electron chi connectivity index (χ3n) is 3.28. The second-order valence-corrected chi connectivity index (χ2v) is 6.02. The van der Waals surface area contributed by atoms with E-state index in [1.807, 2.05) is 56.6 Å². The standard InChI is InChI=1S/C16H21N3OS/c1-11(9-17-3)15(20)18-12(2)16-19-14(10-21-16)13-7-5-4-6-8-13/h4-8,10-12,17H,9H2,1-3H3,(H,18,20). The second-order valence-electron chi connectivity index (χ2n) is 5.13. The number of rotatable bonds is 6. The molecule has 21 heavy (non-hydrogen) atoms. The van der Waals surface area contributed by atoms with E-state index in [9.17, 15) is 4.79 Å². The maximum Gasteiger partial charge on any atom is 0.224 e. The third-order valence-corrected chi connectivity index (χ3v) is 4.31. The van der Waals surface area contributed by atoms with Crippen LogP contribution < -0.4 is 10.6 Å². The Balaban J connectivity index is 2.02. The lowest BCUT2D eigenvalue weighted by Crippen LogP contribution is -2.35. The van der Waals surface area contributed by atoms with Crippen molar-refractivity contribution >= 4 is 17.2 Å². The molecule has 0 saturated carbocycles. The lowest BCUT2D eigenvalue weighted by molar-refractivity contribution is -0.125. The first-order valence-corrected chi connectivity index (χ1v) is 7.95. The molecule has 1 amide bonds. The van der Waals surface area contributed by atoms with Gasteiger partial charge in [-0.3, -0.25) is 4.79 Å². The summed E-state index contributed by atoms with van der Waals surface area (Å²) in [5, 5.41) is 8.99. The van der Waals surface area contributed by atoms with E-state index in [1.165, 1.54) is 0 Å². The fourth-order valence-electron chi connectivity index (χ4n) is 2.04. The number of aromatic nitrogens is 1. The molecule has 0 radical (unpaired) electrons. The Kier molecular flexibility index (Phi) is 5.47. The molecule has 0 aliphatic carbocycles. The van der Waals surface area contributed by atoms with Gasteiger partial charge in [-0.2, -0.15) is 0 Å². The van der Waals surface area contributed by atoms with E-state index in [0.717, 1.165) is 16.3 Å². The molecule has 0 aliphatic rings. The van der Waals surface area contributed by atoms with Gasteiger partial charge in [0.1, 0.15) is 5.01 Å². The van der Waals surface area contributed by atoms with Crippen molar-refractivity contribution in [2.45, 2.75) is 19.9 Å². The van der Waals surface area contributed by atoms with Crippen molar-refractivity contribution in [2.75, 3.05) is 13.6 Å². The molecule has 2 atom stereocenters. The van der Waals surface area contributed by atoms with Gasteiger partial charge in [0.25, 0.3) is 0 Å². The van der Waals surface area contributed by atoms with Gasteiger partial charge in [-0.1, -0.05) is 37.3 Å². The molecule has 0 aliphatic heterocycles.